The van der Waals surface area contributed by atoms with Crippen LogP contribution in [0.25, 0.3) is 22.1 Å². The first-order valence-electron chi connectivity index (χ1n) is 19.0. The number of nitrogens with two attached hydrogens (primary N) is 2. The van der Waals surface area contributed by atoms with E-state index >= 15 is 0 Å². The number of methoxy groups -OCH3 is 1. The minimum absolute atomic E-state index is 0.0772. The molecule has 0 radical (unpaired) electrons. The predicted octanol–water partition coefficient (Wildman–Crippen LogP) is 4.01. The van der Waals surface area contributed by atoms with Crippen LogP contribution in [0.1, 0.15) is 79.3 Å². The largest absolute Gasteiger partial charge is 0.494 e. The van der Waals surface area contributed by atoms with Crippen LogP contribution < -0.4 is 36.9 Å². The lowest BCUT2D eigenvalue weighted by atomic mass is 10.1. The number of carbonyl (C=O) groups excluding carboxylic acids is 4. The maximum atomic E-state index is 13.6. The molecule has 312 valence electrons. The molecule has 2 aromatic carbocycles. The van der Waals surface area contributed by atoms with Crippen LogP contribution in [0.2, 0.25) is 0 Å². The number of rotatable bonds is 18. The van der Waals surface area contributed by atoms with E-state index in [0.717, 1.165) is 6.54 Å². The fraction of sp³-hybridized carbons (Fsp3) is 0.350. The Morgan fingerprint density at radius 3 is 2.12 bits per heavy atom. The quantitative estimate of drug-likeness (QED) is 0.0468. The van der Waals surface area contributed by atoms with Gasteiger partial charge in [-0.15, -0.1) is 0 Å². The van der Waals surface area contributed by atoms with Crippen molar-refractivity contribution in [1.29, 1.82) is 0 Å². The summed E-state index contributed by atoms with van der Waals surface area (Å²) in [6.07, 6.45) is 5.59. The number of primary amides is 1. The number of nitrogens with one attached hydrogen (secondary N) is 3. The minimum atomic E-state index is -0.664. The number of hydrogen-bond acceptors (Lipinski definition) is 13. The number of oxazole rings is 1. The highest BCUT2D eigenvalue weighted by Gasteiger charge is 2.24. The molecule has 0 atom stereocenters. The number of anilines is 2. The normalized spacial score (nSPS) is 11.2. The van der Waals surface area contributed by atoms with Gasteiger partial charge in [-0.05, 0) is 77.7 Å². The van der Waals surface area contributed by atoms with Gasteiger partial charge in [-0.2, -0.15) is 5.10 Å². The van der Waals surface area contributed by atoms with E-state index in [2.05, 4.69) is 36.8 Å². The van der Waals surface area contributed by atoms with Gasteiger partial charge in [-0.1, -0.05) is 19.1 Å². The summed E-state index contributed by atoms with van der Waals surface area (Å²) in [6, 6.07) is 8.01. The lowest BCUT2D eigenvalue weighted by Gasteiger charge is -2.13. The van der Waals surface area contributed by atoms with Crippen molar-refractivity contribution < 1.29 is 33.1 Å². The lowest BCUT2D eigenvalue weighted by Crippen LogP contribution is -2.20. The van der Waals surface area contributed by atoms with Gasteiger partial charge in [-0.3, -0.25) is 34.5 Å². The number of fused-ring (bicyclic) bond motifs is 2. The number of aldehydes is 1. The van der Waals surface area contributed by atoms with Gasteiger partial charge in [-0.25, -0.2) is 15.0 Å². The third-order valence-corrected chi connectivity index (χ3v) is 9.08. The number of amides is 3. The molecule has 0 saturated heterocycles. The van der Waals surface area contributed by atoms with E-state index in [1.54, 1.807) is 45.9 Å². The fourth-order valence-electron chi connectivity index (χ4n) is 6.47. The van der Waals surface area contributed by atoms with E-state index in [1.165, 1.54) is 26.3 Å². The highest BCUT2D eigenvalue weighted by Crippen LogP contribution is 2.33. The van der Waals surface area contributed by atoms with Crippen LogP contribution in [0.3, 0.4) is 0 Å². The number of allylic oxidation sites excluding steroid dienone is 2. The lowest BCUT2D eigenvalue weighted by molar-refractivity contribution is 0.0987. The summed E-state index contributed by atoms with van der Waals surface area (Å²) >= 11 is 0. The van der Waals surface area contributed by atoms with Gasteiger partial charge in [0.2, 0.25) is 23.6 Å². The molecule has 7 N–H and O–H groups in total. The van der Waals surface area contributed by atoms with Crippen molar-refractivity contribution in [3.05, 3.63) is 82.3 Å². The highest BCUT2D eigenvalue weighted by atomic mass is 16.5. The van der Waals surface area contributed by atoms with Crippen LogP contribution in [0.4, 0.5) is 11.9 Å². The first-order valence-corrected chi connectivity index (χ1v) is 19.0. The zero-order chi connectivity index (χ0) is 42.8. The zero-order valence-corrected chi connectivity index (χ0v) is 34.2. The number of ether oxygens (including phenoxy) is 2. The number of aromatic nitrogens is 7. The number of imidazole rings is 2. The SMILES string of the molecule is CCc1nc(C)oc1C(=O)Nc1nc2cc(C=O)cc(OCCCNC)c2n1C/C=C/Cn1c(NC(=O)c2cc(C)nn2CC)nc2cc(C(N)=O)cc(OC)c21.CN. The molecule has 6 aromatic rings. The van der Waals surface area contributed by atoms with Crippen molar-refractivity contribution in [2.75, 3.05) is 45.0 Å². The van der Waals surface area contributed by atoms with Gasteiger partial charge in [0.05, 0.1) is 36.1 Å². The molecule has 0 aliphatic heterocycles. The molecule has 0 fully saturated rings. The van der Waals surface area contributed by atoms with Crippen LogP contribution in [0, 0.1) is 13.8 Å². The average Bonchev–Trinajstić information content (AvgIpc) is 4.00. The van der Waals surface area contributed by atoms with Gasteiger partial charge in [0, 0.05) is 37.7 Å². The molecule has 19 heteroatoms. The van der Waals surface area contributed by atoms with Crippen molar-refractivity contribution in [1.82, 2.24) is 39.2 Å². The van der Waals surface area contributed by atoms with E-state index < -0.39 is 17.7 Å². The Morgan fingerprint density at radius 1 is 0.881 bits per heavy atom. The molecular weight excluding hydrogens is 761 g/mol. The van der Waals surface area contributed by atoms with Crippen molar-refractivity contribution in [3.8, 4) is 11.5 Å². The van der Waals surface area contributed by atoms with Crippen LogP contribution >= 0.6 is 0 Å². The molecule has 59 heavy (non-hydrogen) atoms. The molecule has 19 nitrogen and oxygen atoms in total. The summed E-state index contributed by atoms with van der Waals surface area (Å²) in [4.78, 5) is 65.0. The summed E-state index contributed by atoms with van der Waals surface area (Å²) in [6.45, 7) is 9.16. The fourth-order valence-corrected chi connectivity index (χ4v) is 6.47. The predicted molar refractivity (Wildman–Crippen MR) is 222 cm³/mol. The Bertz CT molecular complexity index is 2510. The molecule has 6 rings (SSSR count). The van der Waals surface area contributed by atoms with Gasteiger partial charge >= 0.3 is 0 Å². The van der Waals surface area contributed by atoms with Gasteiger partial charge in [0.25, 0.3) is 11.8 Å². The Hall–Kier alpha value is -6.86. The third kappa shape index (κ3) is 9.48. The van der Waals surface area contributed by atoms with Crippen LogP contribution in [0.5, 0.6) is 11.5 Å². The smallest absolute Gasteiger partial charge is 0.295 e. The maximum absolute atomic E-state index is 13.6. The Kier molecular flexibility index (Phi) is 14.3. The highest BCUT2D eigenvalue weighted by molar-refractivity contribution is 6.05. The van der Waals surface area contributed by atoms with E-state index in [9.17, 15) is 19.2 Å². The van der Waals surface area contributed by atoms with Crippen LogP contribution in [-0.2, 0) is 26.1 Å². The van der Waals surface area contributed by atoms with Gasteiger partial charge in [0.15, 0.2) is 5.89 Å². The molecule has 4 aromatic heterocycles. The second-order valence-electron chi connectivity index (χ2n) is 13.0. The zero-order valence-electron chi connectivity index (χ0n) is 34.2. The molecule has 4 heterocycles. The van der Waals surface area contributed by atoms with E-state index in [1.807, 2.05) is 33.0 Å². The topological polar surface area (TPSA) is 254 Å². The standard InChI is InChI=1S/C39H45N11O7.CH5N/c1-7-26-34(57-23(4)42-26)37(54)46-39-43-27-17-24(21-51)18-31(56-15-11-12-41-5)33(27)49(39)14-10-9-13-48-32-28(19-25(35(40)52)20-30(32)55-6)44-38(48)45-36(53)29-16-22(3)47-50(29)8-2;1-2/h9-10,16-21,41H,7-8,11-15H2,1-6H3,(H2,40,52)(H,43,46,54)(H,44,45,53);2H2,1H3/b10-9+;. The molecule has 0 bridgehead atoms. The van der Waals surface area contributed by atoms with E-state index in [0.29, 0.717) is 94.4 Å². The summed E-state index contributed by atoms with van der Waals surface area (Å²) in [5.41, 5.74) is 14.1. The van der Waals surface area contributed by atoms with Crippen molar-refractivity contribution in [3.63, 3.8) is 0 Å². The Balaban J connectivity index is 0.00000326. The first-order chi connectivity index (χ1) is 28.5. The van der Waals surface area contributed by atoms with E-state index in [4.69, 9.17) is 24.6 Å². The van der Waals surface area contributed by atoms with Gasteiger partial charge in [0.1, 0.15) is 34.5 Å². The summed E-state index contributed by atoms with van der Waals surface area (Å²) in [5.74, 6) is -0.0797. The average molecular weight is 811 g/mol. The summed E-state index contributed by atoms with van der Waals surface area (Å²) in [7, 11) is 4.81. The number of aryl methyl sites for hydroxylation is 4. The van der Waals surface area contributed by atoms with Crippen LogP contribution in [-0.4, -0.2) is 92.2 Å². The second kappa shape index (κ2) is 19.5. The summed E-state index contributed by atoms with van der Waals surface area (Å²) in [5, 5.41) is 13.3. The number of carbonyl (C=O) groups is 4. The van der Waals surface area contributed by atoms with E-state index in [-0.39, 0.29) is 36.3 Å². The first kappa shape index (κ1) is 43.3. The third-order valence-electron chi connectivity index (χ3n) is 9.08. The van der Waals surface area contributed by atoms with Gasteiger partial charge < -0.3 is 39.8 Å². The molecule has 0 unspecified atom stereocenters. The molecule has 0 spiro atoms. The molecule has 0 aliphatic carbocycles. The number of benzene rings is 2. The molecular formula is C40H50N12O7. The van der Waals surface area contributed by atoms with Crippen LogP contribution in [0.15, 0.2) is 46.9 Å². The monoisotopic (exact) mass is 810 g/mol. The number of nitrogens with zero attached hydrogens (tertiary/aromatic N) is 7. The molecule has 3 amide bonds. The molecule has 0 saturated carbocycles. The van der Waals surface area contributed by atoms with Crippen molar-refractivity contribution in [2.24, 2.45) is 11.5 Å². The Labute approximate surface area is 340 Å². The maximum Gasteiger partial charge on any atom is 0.295 e. The Morgan fingerprint density at radius 2 is 1.53 bits per heavy atom. The number of hydrogen-bond donors (Lipinski definition) is 5. The second-order valence-corrected chi connectivity index (χ2v) is 13.0. The summed E-state index contributed by atoms with van der Waals surface area (Å²) < 4.78 is 22.6. The van der Waals surface area contributed by atoms with Crippen molar-refractivity contribution in [2.45, 2.75) is 60.2 Å². The van der Waals surface area contributed by atoms with Crippen molar-refractivity contribution >= 4 is 58.0 Å². The minimum Gasteiger partial charge on any atom is -0.494 e. The molecule has 0 aliphatic rings.